The van der Waals surface area contributed by atoms with Crippen LogP contribution >= 0.6 is 0 Å². The van der Waals surface area contributed by atoms with E-state index in [1.807, 2.05) is 6.08 Å². The fourth-order valence-electron chi connectivity index (χ4n) is 0.281. The Labute approximate surface area is 43.8 Å². The molecule has 0 radical (unpaired) electrons. The molecule has 0 aromatic rings. The van der Waals surface area contributed by atoms with Gasteiger partial charge in [0.15, 0.2) is 0 Å². The Bertz CT molecular complexity index is 116. The topological polar surface area (TPSA) is 0 Å². The van der Waals surface area contributed by atoms with Crippen molar-refractivity contribution in [1.82, 2.24) is 0 Å². The van der Waals surface area contributed by atoms with Crippen molar-refractivity contribution in [3.05, 3.63) is 23.6 Å². The van der Waals surface area contributed by atoms with Crippen LogP contribution in [0.4, 0.5) is 0 Å². The summed E-state index contributed by atoms with van der Waals surface area (Å²) in [6.07, 6.45) is 4.05. The van der Waals surface area contributed by atoms with Gasteiger partial charge in [-0.05, 0) is 0 Å². The molecule has 0 amide bonds. The van der Waals surface area contributed by atoms with E-state index in [0.29, 0.717) is 15.3 Å². The van der Waals surface area contributed by atoms with Crippen LogP contribution in [0.5, 0.6) is 0 Å². The van der Waals surface area contributed by atoms with E-state index in [1.165, 1.54) is 4.30 Å². The monoisotopic (exact) mass is 140 g/mol. The van der Waals surface area contributed by atoms with Crippen LogP contribution in [0.2, 0.25) is 0 Å². The van der Waals surface area contributed by atoms with E-state index in [1.54, 1.807) is 0 Å². The van der Waals surface area contributed by atoms with Gasteiger partial charge < -0.3 is 0 Å². The standard InChI is InChI=1S/C5H5As/c1-2-5-3-4-6-5/h2-4H,1H2. The van der Waals surface area contributed by atoms with Crippen LogP contribution in [-0.2, 0) is 0 Å². The molecule has 0 N–H and O–H groups in total. The van der Waals surface area contributed by atoms with Gasteiger partial charge in [-0.3, -0.25) is 0 Å². The molecule has 1 aliphatic rings. The van der Waals surface area contributed by atoms with Gasteiger partial charge >= 0.3 is 43.2 Å². The molecule has 1 heterocycles. The first-order chi connectivity index (χ1) is 2.93. The van der Waals surface area contributed by atoms with Gasteiger partial charge in [-0.1, -0.05) is 0 Å². The summed E-state index contributed by atoms with van der Waals surface area (Å²) in [5.74, 6) is 0. The third-order valence-electron chi connectivity index (χ3n) is 0.678. The number of rotatable bonds is 1. The summed E-state index contributed by atoms with van der Waals surface area (Å²) in [5.41, 5.74) is 0. The number of allylic oxidation sites excluding steroid dienone is 2. The van der Waals surface area contributed by atoms with Gasteiger partial charge in [0.25, 0.3) is 0 Å². The van der Waals surface area contributed by atoms with E-state index >= 15 is 0 Å². The van der Waals surface area contributed by atoms with Gasteiger partial charge in [0.1, 0.15) is 0 Å². The van der Waals surface area contributed by atoms with E-state index in [0.717, 1.165) is 0 Å². The summed E-state index contributed by atoms with van der Waals surface area (Å²) in [6.45, 7) is 3.62. The molecule has 0 nitrogen and oxygen atoms in total. The predicted molar refractivity (Wildman–Crippen MR) is 30.1 cm³/mol. The third-order valence-corrected chi connectivity index (χ3v) is 2.62. The Morgan fingerprint density at radius 2 is 2.50 bits per heavy atom. The van der Waals surface area contributed by atoms with Gasteiger partial charge in [-0.2, -0.15) is 0 Å². The van der Waals surface area contributed by atoms with Crippen molar-refractivity contribution in [2.45, 2.75) is 0 Å². The molecular weight excluding hydrogens is 135 g/mol. The molecule has 0 spiro atoms. The zero-order valence-corrected chi connectivity index (χ0v) is 5.26. The molecule has 0 saturated carbocycles. The average Bonchev–Trinajstić information content (AvgIpc) is 1.31. The zero-order chi connectivity index (χ0) is 4.41. The summed E-state index contributed by atoms with van der Waals surface area (Å²) in [4.78, 5) is 2.22. The molecule has 1 aliphatic heterocycles. The molecule has 0 aliphatic carbocycles. The predicted octanol–water partition coefficient (Wildman–Crippen LogP) is 0.576. The minimum atomic E-state index is 0.459. The van der Waals surface area contributed by atoms with Gasteiger partial charge in [0.2, 0.25) is 0 Å². The van der Waals surface area contributed by atoms with Crippen molar-refractivity contribution >= 4 is 19.6 Å². The van der Waals surface area contributed by atoms with Crippen molar-refractivity contribution in [2.75, 3.05) is 0 Å². The average molecular weight is 140 g/mol. The third kappa shape index (κ3) is 0.529. The van der Waals surface area contributed by atoms with Crippen molar-refractivity contribution < 1.29 is 0 Å². The Morgan fingerprint density at radius 3 is 2.50 bits per heavy atom. The van der Waals surface area contributed by atoms with Crippen LogP contribution in [-0.4, -0.2) is 19.6 Å². The van der Waals surface area contributed by atoms with E-state index < -0.39 is 0 Å². The van der Waals surface area contributed by atoms with E-state index in [2.05, 4.69) is 17.5 Å². The Balaban J connectivity index is 2.57. The molecule has 0 atom stereocenters. The molecule has 1 rings (SSSR count). The second-order valence-electron chi connectivity index (χ2n) is 1.07. The fraction of sp³-hybridized carbons (Fsp3) is 0. The zero-order valence-electron chi connectivity index (χ0n) is 3.39. The maximum atomic E-state index is 3.62. The Morgan fingerprint density at radius 1 is 1.83 bits per heavy atom. The molecule has 1 heteroatoms. The molecule has 0 aromatic carbocycles. The second kappa shape index (κ2) is 1.57. The quantitative estimate of drug-likeness (QED) is 0.467. The Kier molecular flexibility index (Phi) is 1.07. The van der Waals surface area contributed by atoms with Crippen LogP contribution in [0.1, 0.15) is 0 Å². The molecule has 0 aromatic heterocycles. The molecular formula is C5H5As. The minimum absolute atomic E-state index is 0.459. The van der Waals surface area contributed by atoms with Crippen molar-refractivity contribution in [3.63, 3.8) is 0 Å². The first-order valence-electron chi connectivity index (χ1n) is 1.80. The van der Waals surface area contributed by atoms with Crippen molar-refractivity contribution in [3.8, 4) is 0 Å². The van der Waals surface area contributed by atoms with Crippen LogP contribution in [0.25, 0.3) is 0 Å². The molecule has 6 heavy (non-hydrogen) atoms. The van der Waals surface area contributed by atoms with Crippen molar-refractivity contribution in [2.24, 2.45) is 0 Å². The molecule has 30 valence electrons. The molecule has 0 bridgehead atoms. The van der Waals surface area contributed by atoms with E-state index in [-0.39, 0.29) is 0 Å². The first kappa shape index (κ1) is 4.08. The molecule has 0 unspecified atom stereocenters. The van der Waals surface area contributed by atoms with Crippen LogP contribution < -0.4 is 0 Å². The normalized spacial score (nSPS) is 18.3. The maximum absolute atomic E-state index is 3.62. The SMILES string of the molecule is C=CC1=[As]C=C1. The van der Waals surface area contributed by atoms with Gasteiger partial charge in [0, 0.05) is 0 Å². The first-order valence-corrected chi connectivity index (χ1v) is 3.82. The Hall–Kier alpha value is -0.0916. The second-order valence-corrected chi connectivity index (χ2v) is 3.32. The van der Waals surface area contributed by atoms with Gasteiger partial charge in [0.05, 0.1) is 0 Å². The molecule has 0 saturated heterocycles. The van der Waals surface area contributed by atoms with E-state index in [9.17, 15) is 0 Å². The summed E-state index contributed by atoms with van der Waals surface area (Å²) in [6, 6.07) is 0. The number of hydrogen-bond donors (Lipinski definition) is 0. The fourth-order valence-corrected chi connectivity index (χ4v) is 1.18. The van der Waals surface area contributed by atoms with Gasteiger partial charge in [-0.25, -0.2) is 0 Å². The van der Waals surface area contributed by atoms with Gasteiger partial charge in [-0.15, -0.1) is 0 Å². The summed E-state index contributed by atoms with van der Waals surface area (Å²) >= 11 is 0.459. The van der Waals surface area contributed by atoms with Crippen LogP contribution in [0.15, 0.2) is 23.6 Å². The number of hydrogen-bond acceptors (Lipinski definition) is 0. The molecule has 0 fully saturated rings. The van der Waals surface area contributed by atoms with Crippen LogP contribution in [0, 0.1) is 0 Å². The summed E-state index contributed by atoms with van der Waals surface area (Å²) in [7, 11) is 0. The van der Waals surface area contributed by atoms with Crippen molar-refractivity contribution in [1.29, 1.82) is 0 Å². The van der Waals surface area contributed by atoms with Crippen LogP contribution in [0.3, 0.4) is 0 Å². The summed E-state index contributed by atoms with van der Waals surface area (Å²) in [5, 5.41) is 0. The van der Waals surface area contributed by atoms with E-state index in [4.69, 9.17) is 0 Å². The summed E-state index contributed by atoms with van der Waals surface area (Å²) < 4.78 is 1.45.